The van der Waals surface area contributed by atoms with Crippen LogP contribution in [0.4, 0.5) is 19.1 Å². The van der Waals surface area contributed by atoms with Gasteiger partial charge in [-0.05, 0) is 13.0 Å². The van der Waals surface area contributed by atoms with E-state index in [1.807, 2.05) is 0 Å². The smallest absolute Gasteiger partial charge is 0.340 e. The quantitative estimate of drug-likeness (QED) is 0.856. The van der Waals surface area contributed by atoms with Gasteiger partial charge in [0, 0.05) is 25.8 Å². The number of nitrogens with zero attached hydrogens (tertiary/aromatic N) is 3. The lowest BCUT2D eigenvalue weighted by molar-refractivity contribution is -0.141. The molecule has 0 spiro atoms. The van der Waals surface area contributed by atoms with Crippen LogP contribution in [0.25, 0.3) is 0 Å². The van der Waals surface area contributed by atoms with Crippen LogP contribution < -0.4 is 10.6 Å². The number of hydrogen-bond acceptors (Lipinski definition) is 4. The van der Waals surface area contributed by atoms with Gasteiger partial charge >= 0.3 is 6.18 Å². The average molecular weight is 234 g/mol. The summed E-state index contributed by atoms with van der Waals surface area (Å²) in [5.74, 6) is 0.0211. The normalized spacial score (nSPS) is 13.6. The highest BCUT2D eigenvalue weighted by atomic mass is 19.4. The minimum absolute atomic E-state index is 0.0211. The Morgan fingerprint density at radius 3 is 2.62 bits per heavy atom. The van der Waals surface area contributed by atoms with Crippen molar-refractivity contribution in [1.82, 2.24) is 9.97 Å². The van der Waals surface area contributed by atoms with Gasteiger partial charge in [-0.1, -0.05) is 0 Å². The lowest BCUT2D eigenvalue weighted by Gasteiger charge is -2.23. The molecule has 0 aliphatic rings. The Bertz CT molecular complexity index is 353. The van der Waals surface area contributed by atoms with Gasteiger partial charge in [0.25, 0.3) is 0 Å². The molecule has 0 aliphatic heterocycles. The van der Waals surface area contributed by atoms with Crippen molar-refractivity contribution in [3.05, 3.63) is 18.0 Å². The van der Waals surface area contributed by atoms with Gasteiger partial charge in [0.1, 0.15) is 5.69 Å². The Hall–Kier alpha value is -1.37. The van der Waals surface area contributed by atoms with Gasteiger partial charge in [-0.2, -0.15) is 13.2 Å². The molecule has 4 nitrogen and oxygen atoms in total. The predicted octanol–water partition coefficient (Wildman–Crippen LogP) is 1.28. The summed E-state index contributed by atoms with van der Waals surface area (Å²) >= 11 is 0. The Balaban J connectivity index is 2.99. The summed E-state index contributed by atoms with van der Waals surface area (Å²) in [6.45, 7) is 2.10. The number of nitrogens with two attached hydrogens (primary N) is 1. The molecule has 1 aromatic heterocycles. The molecule has 0 saturated carbocycles. The molecule has 1 aromatic rings. The van der Waals surface area contributed by atoms with Crippen LogP contribution >= 0.6 is 0 Å². The highest BCUT2D eigenvalue weighted by molar-refractivity contribution is 5.31. The van der Waals surface area contributed by atoms with E-state index in [-0.39, 0.29) is 12.0 Å². The molecular weight excluding hydrogens is 221 g/mol. The van der Waals surface area contributed by atoms with Gasteiger partial charge < -0.3 is 10.6 Å². The summed E-state index contributed by atoms with van der Waals surface area (Å²) in [6, 6.07) is 0.716. The largest absolute Gasteiger partial charge is 0.433 e. The second-order valence-corrected chi connectivity index (χ2v) is 3.44. The van der Waals surface area contributed by atoms with Crippen LogP contribution in [0, 0.1) is 0 Å². The lowest BCUT2D eigenvalue weighted by Crippen LogP contribution is -2.36. The molecular formula is C9H13F3N4. The molecule has 1 atom stereocenters. The third-order valence-electron chi connectivity index (χ3n) is 2.25. The van der Waals surface area contributed by atoms with Crippen molar-refractivity contribution in [2.45, 2.75) is 19.1 Å². The SMILES string of the molecule is CC(CN)N(C)c1nccc(C(F)(F)F)n1. The Morgan fingerprint density at radius 1 is 1.50 bits per heavy atom. The van der Waals surface area contributed by atoms with Crippen LogP contribution in [0.2, 0.25) is 0 Å². The standard InChI is InChI=1S/C9H13F3N4/c1-6(5-13)16(2)8-14-4-3-7(15-8)9(10,11)12/h3-4,6H,5,13H2,1-2H3. The Labute approximate surface area is 91.3 Å². The van der Waals surface area contributed by atoms with E-state index in [0.717, 1.165) is 12.3 Å². The minimum atomic E-state index is -4.45. The number of aromatic nitrogens is 2. The van der Waals surface area contributed by atoms with Gasteiger partial charge in [0.15, 0.2) is 0 Å². The molecule has 0 amide bonds. The van der Waals surface area contributed by atoms with Crippen LogP contribution in [0.1, 0.15) is 12.6 Å². The van der Waals surface area contributed by atoms with Crippen LogP contribution in [0.3, 0.4) is 0 Å². The summed E-state index contributed by atoms with van der Waals surface area (Å²) in [5.41, 5.74) is 4.46. The van der Waals surface area contributed by atoms with Crippen LogP contribution in [-0.2, 0) is 6.18 Å². The van der Waals surface area contributed by atoms with Crippen LogP contribution in [0.15, 0.2) is 12.3 Å². The molecule has 16 heavy (non-hydrogen) atoms. The van der Waals surface area contributed by atoms with E-state index < -0.39 is 11.9 Å². The van der Waals surface area contributed by atoms with E-state index in [0.29, 0.717) is 6.54 Å². The highest BCUT2D eigenvalue weighted by Gasteiger charge is 2.33. The number of alkyl halides is 3. The Kier molecular flexibility index (Phi) is 3.69. The second-order valence-electron chi connectivity index (χ2n) is 3.44. The summed E-state index contributed by atoms with van der Waals surface area (Å²) in [7, 11) is 1.60. The van der Waals surface area contributed by atoms with Gasteiger partial charge in [0.05, 0.1) is 0 Å². The fourth-order valence-corrected chi connectivity index (χ4v) is 1.03. The first-order chi connectivity index (χ1) is 7.36. The van der Waals surface area contributed by atoms with E-state index >= 15 is 0 Å². The van der Waals surface area contributed by atoms with Crippen molar-refractivity contribution in [2.75, 3.05) is 18.5 Å². The van der Waals surface area contributed by atoms with E-state index in [1.165, 1.54) is 4.90 Å². The fraction of sp³-hybridized carbons (Fsp3) is 0.556. The molecule has 1 unspecified atom stereocenters. The van der Waals surface area contributed by atoms with Crippen molar-refractivity contribution in [1.29, 1.82) is 0 Å². The molecule has 2 N–H and O–H groups in total. The number of hydrogen-bond donors (Lipinski definition) is 1. The third-order valence-corrected chi connectivity index (χ3v) is 2.25. The molecule has 0 saturated heterocycles. The number of likely N-dealkylation sites (N-methyl/N-ethyl adjacent to an activating group) is 1. The lowest BCUT2D eigenvalue weighted by atomic mass is 10.3. The number of rotatable bonds is 3. The molecule has 0 aliphatic carbocycles. The maximum Gasteiger partial charge on any atom is 0.433 e. The Morgan fingerprint density at radius 2 is 2.12 bits per heavy atom. The molecule has 0 aromatic carbocycles. The van der Waals surface area contributed by atoms with E-state index in [9.17, 15) is 13.2 Å². The van der Waals surface area contributed by atoms with Crippen molar-refractivity contribution >= 4 is 5.95 Å². The first kappa shape index (κ1) is 12.7. The first-order valence-electron chi connectivity index (χ1n) is 4.69. The molecule has 0 radical (unpaired) electrons. The molecule has 0 fully saturated rings. The van der Waals surface area contributed by atoms with Crippen molar-refractivity contribution in [3.63, 3.8) is 0 Å². The second kappa shape index (κ2) is 4.65. The predicted molar refractivity (Wildman–Crippen MR) is 54.0 cm³/mol. The topological polar surface area (TPSA) is 55.0 Å². The van der Waals surface area contributed by atoms with E-state index in [1.54, 1.807) is 14.0 Å². The third kappa shape index (κ3) is 2.82. The first-order valence-corrected chi connectivity index (χ1v) is 4.69. The van der Waals surface area contributed by atoms with Crippen molar-refractivity contribution < 1.29 is 13.2 Å². The average Bonchev–Trinajstić information content (AvgIpc) is 2.26. The van der Waals surface area contributed by atoms with Gasteiger partial charge in [-0.3, -0.25) is 0 Å². The van der Waals surface area contributed by atoms with E-state index in [4.69, 9.17) is 5.73 Å². The zero-order chi connectivity index (χ0) is 12.3. The molecule has 7 heteroatoms. The van der Waals surface area contributed by atoms with Gasteiger partial charge in [0.2, 0.25) is 5.95 Å². The minimum Gasteiger partial charge on any atom is -0.340 e. The zero-order valence-corrected chi connectivity index (χ0v) is 8.99. The number of halogens is 3. The molecule has 0 bridgehead atoms. The van der Waals surface area contributed by atoms with Crippen LogP contribution in [-0.4, -0.2) is 29.6 Å². The van der Waals surface area contributed by atoms with Crippen molar-refractivity contribution in [3.8, 4) is 0 Å². The summed E-state index contributed by atoms with van der Waals surface area (Å²) in [6.07, 6.45) is -3.37. The fourth-order valence-electron chi connectivity index (χ4n) is 1.03. The number of anilines is 1. The zero-order valence-electron chi connectivity index (χ0n) is 8.99. The van der Waals surface area contributed by atoms with Gasteiger partial charge in [-0.25, -0.2) is 9.97 Å². The summed E-state index contributed by atoms with van der Waals surface area (Å²) < 4.78 is 37.1. The maximum atomic E-state index is 12.4. The maximum absolute atomic E-state index is 12.4. The van der Waals surface area contributed by atoms with E-state index in [2.05, 4.69) is 9.97 Å². The summed E-state index contributed by atoms with van der Waals surface area (Å²) in [5, 5.41) is 0. The monoisotopic (exact) mass is 234 g/mol. The molecule has 1 rings (SSSR count). The summed E-state index contributed by atoms with van der Waals surface area (Å²) in [4.78, 5) is 8.74. The highest BCUT2D eigenvalue weighted by Crippen LogP contribution is 2.28. The van der Waals surface area contributed by atoms with Crippen LogP contribution in [0.5, 0.6) is 0 Å². The molecule has 90 valence electrons. The molecule has 1 heterocycles. The van der Waals surface area contributed by atoms with Crippen molar-refractivity contribution in [2.24, 2.45) is 5.73 Å². The van der Waals surface area contributed by atoms with Gasteiger partial charge in [-0.15, -0.1) is 0 Å².